The Balaban J connectivity index is 2.28. The summed E-state index contributed by atoms with van der Waals surface area (Å²) in [5.41, 5.74) is 1.70. The number of primary sulfonamides is 1. The van der Waals surface area contributed by atoms with Gasteiger partial charge in [-0.1, -0.05) is 35.9 Å². The van der Waals surface area contributed by atoms with Crippen LogP contribution in [0.15, 0.2) is 59.5 Å². The summed E-state index contributed by atoms with van der Waals surface area (Å²) in [6.45, 7) is 0. The minimum absolute atomic E-state index is 0.0826. The Labute approximate surface area is 143 Å². The summed E-state index contributed by atoms with van der Waals surface area (Å²) in [5.74, 6) is 0. The highest BCUT2D eigenvalue weighted by atomic mass is 35.5. The summed E-state index contributed by atoms with van der Waals surface area (Å²) in [4.78, 5) is 11.0. The molecule has 8 heteroatoms. The zero-order chi connectivity index (χ0) is 17.3. The van der Waals surface area contributed by atoms with Gasteiger partial charge in [0.05, 0.1) is 11.4 Å². The fraction of sp³-hybridized carbons (Fsp3) is 0. The largest absolute Gasteiger partial charge is 0.296 e. The van der Waals surface area contributed by atoms with Crippen molar-refractivity contribution in [1.29, 1.82) is 0 Å². The van der Waals surface area contributed by atoms with Gasteiger partial charge in [-0.15, -0.1) is 0 Å². The highest BCUT2D eigenvalue weighted by Gasteiger charge is 2.19. The summed E-state index contributed by atoms with van der Waals surface area (Å²) in [6.07, 6.45) is 0.593. The first kappa shape index (κ1) is 16.4. The Hall–Kier alpha value is -2.48. The van der Waals surface area contributed by atoms with Crippen LogP contribution in [0, 0.1) is 0 Å². The van der Waals surface area contributed by atoms with E-state index in [0.717, 1.165) is 5.56 Å². The number of hydrogen-bond acceptors (Lipinski definition) is 4. The van der Waals surface area contributed by atoms with Crippen LogP contribution in [0.25, 0.3) is 16.9 Å². The molecule has 0 fully saturated rings. The lowest BCUT2D eigenvalue weighted by Gasteiger charge is -2.11. The molecule has 0 atom stereocenters. The number of rotatable bonds is 4. The molecule has 1 heterocycles. The standard InChI is InChI=1S/C16H12ClN3O3S/c17-12-7-5-11(6-8-12)15-9-13(10-21)19-20(15)14-3-1-2-4-16(14)24(18,22)23/h1-10H,(H2,18,22,23). The average Bonchev–Trinajstić information content (AvgIpc) is 2.99. The molecule has 0 unspecified atom stereocenters. The van der Waals surface area contributed by atoms with Gasteiger partial charge in [-0.2, -0.15) is 5.10 Å². The minimum Gasteiger partial charge on any atom is -0.296 e. The maximum Gasteiger partial charge on any atom is 0.240 e. The first-order chi connectivity index (χ1) is 11.4. The van der Waals surface area contributed by atoms with Crippen LogP contribution < -0.4 is 5.14 Å². The Kier molecular flexibility index (Phi) is 4.23. The maximum atomic E-state index is 11.8. The van der Waals surface area contributed by atoms with Crippen LogP contribution in [-0.4, -0.2) is 24.5 Å². The first-order valence-electron chi connectivity index (χ1n) is 6.83. The molecular formula is C16H12ClN3O3S. The van der Waals surface area contributed by atoms with Gasteiger partial charge in [0.15, 0.2) is 6.29 Å². The van der Waals surface area contributed by atoms with Gasteiger partial charge in [-0.25, -0.2) is 18.2 Å². The molecule has 0 radical (unpaired) electrons. The van der Waals surface area contributed by atoms with Crippen molar-refractivity contribution in [3.05, 3.63) is 65.3 Å². The Morgan fingerprint density at radius 1 is 1.08 bits per heavy atom. The third kappa shape index (κ3) is 3.09. The molecule has 1 aromatic heterocycles. The minimum atomic E-state index is -3.96. The molecular weight excluding hydrogens is 350 g/mol. The van der Waals surface area contributed by atoms with Crippen LogP contribution in [0.3, 0.4) is 0 Å². The number of aldehydes is 1. The molecule has 0 bridgehead atoms. The average molecular weight is 362 g/mol. The van der Waals surface area contributed by atoms with E-state index < -0.39 is 10.0 Å². The number of carbonyl (C=O) groups is 1. The number of para-hydroxylation sites is 1. The van der Waals surface area contributed by atoms with E-state index in [1.165, 1.54) is 10.7 Å². The van der Waals surface area contributed by atoms with E-state index in [0.29, 0.717) is 17.0 Å². The molecule has 24 heavy (non-hydrogen) atoms. The lowest BCUT2D eigenvalue weighted by Crippen LogP contribution is -2.16. The SMILES string of the molecule is NS(=O)(=O)c1ccccc1-n1nc(C=O)cc1-c1ccc(Cl)cc1. The third-order valence-corrected chi connectivity index (χ3v) is 4.60. The summed E-state index contributed by atoms with van der Waals surface area (Å²) in [7, 11) is -3.96. The number of aromatic nitrogens is 2. The van der Waals surface area contributed by atoms with Crippen molar-refractivity contribution in [3.63, 3.8) is 0 Å². The van der Waals surface area contributed by atoms with Gasteiger partial charge in [0.1, 0.15) is 10.6 Å². The first-order valence-corrected chi connectivity index (χ1v) is 8.76. The van der Waals surface area contributed by atoms with E-state index in [1.54, 1.807) is 48.5 Å². The van der Waals surface area contributed by atoms with E-state index in [1.807, 2.05) is 0 Å². The van der Waals surface area contributed by atoms with Gasteiger partial charge >= 0.3 is 0 Å². The predicted molar refractivity (Wildman–Crippen MR) is 90.8 cm³/mol. The number of nitrogens with zero attached hydrogens (tertiary/aromatic N) is 2. The number of halogens is 1. The van der Waals surface area contributed by atoms with Crippen molar-refractivity contribution in [2.24, 2.45) is 5.14 Å². The van der Waals surface area contributed by atoms with Crippen molar-refractivity contribution < 1.29 is 13.2 Å². The highest BCUT2D eigenvalue weighted by molar-refractivity contribution is 7.89. The molecule has 2 aromatic carbocycles. The molecule has 2 N–H and O–H groups in total. The van der Waals surface area contributed by atoms with E-state index >= 15 is 0 Å². The number of hydrogen-bond donors (Lipinski definition) is 1. The van der Waals surface area contributed by atoms with Crippen molar-refractivity contribution in [2.45, 2.75) is 4.90 Å². The molecule has 0 amide bonds. The quantitative estimate of drug-likeness (QED) is 0.722. The second-order valence-electron chi connectivity index (χ2n) is 5.00. The van der Waals surface area contributed by atoms with Crippen molar-refractivity contribution >= 4 is 27.9 Å². The topological polar surface area (TPSA) is 95.1 Å². The van der Waals surface area contributed by atoms with Crippen molar-refractivity contribution in [1.82, 2.24) is 9.78 Å². The van der Waals surface area contributed by atoms with Gasteiger partial charge < -0.3 is 0 Å². The zero-order valence-electron chi connectivity index (χ0n) is 12.3. The van der Waals surface area contributed by atoms with Crippen molar-refractivity contribution in [3.8, 4) is 16.9 Å². The van der Waals surface area contributed by atoms with Crippen molar-refractivity contribution in [2.75, 3.05) is 0 Å². The molecule has 0 spiro atoms. The fourth-order valence-electron chi connectivity index (χ4n) is 2.34. The molecule has 0 aliphatic rings. The van der Waals surface area contributed by atoms with Gasteiger partial charge in [0.2, 0.25) is 10.0 Å². The molecule has 6 nitrogen and oxygen atoms in total. The molecule has 0 aliphatic carbocycles. The molecule has 3 rings (SSSR count). The van der Waals surface area contributed by atoms with Crippen LogP contribution in [0.2, 0.25) is 5.02 Å². The van der Waals surface area contributed by atoms with Crippen LogP contribution in [0.1, 0.15) is 10.5 Å². The van der Waals surface area contributed by atoms with Crippen LogP contribution in [-0.2, 0) is 10.0 Å². The highest BCUT2D eigenvalue weighted by Crippen LogP contribution is 2.27. The molecule has 0 aliphatic heterocycles. The van der Waals surface area contributed by atoms with Gasteiger partial charge in [-0.05, 0) is 30.3 Å². The predicted octanol–water partition coefficient (Wildman–Crippen LogP) is 2.65. The Morgan fingerprint density at radius 2 is 1.75 bits per heavy atom. The molecule has 3 aromatic rings. The van der Waals surface area contributed by atoms with Gasteiger partial charge in [0, 0.05) is 10.6 Å². The Morgan fingerprint density at radius 3 is 2.38 bits per heavy atom. The number of benzene rings is 2. The third-order valence-electron chi connectivity index (χ3n) is 3.39. The normalized spacial score (nSPS) is 11.4. The maximum absolute atomic E-state index is 11.8. The monoisotopic (exact) mass is 361 g/mol. The van der Waals surface area contributed by atoms with E-state index in [2.05, 4.69) is 5.10 Å². The van der Waals surface area contributed by atoms with E-state index in [9.17, 15) is 13.2 Å². The number of sulfonamides is 1. The Bertz CT molecular complexity index is 1010. The van der Waals surface area contributed by atoms with Gasteiger partial charge in [0.25, 0.3) is 0 Å². The zero-order valence-corrected chi connectivity index (χ0v) is 13.8. The smallest absolute Gasteiger partial charge is 0.240 e. The van der Waals surface area contributed by atoms with Gasteiger partial charge in [-0.3, -0.25) is 4.79 Å². The van der Waals surface area contributed by atoms with Crippen LogP contribution in [0.5, 0.6) is 0 Å². The fourth-order valence-corrected chi connectivity index (χ4v) is 3.18. The van der Waals surface area contributed by atoms with E-state index in [4.69, 9.17) is 16.7 Å². The second-order valence-corrected chi connectivity index (χ2v) is 6.97. The lowest BCUT2D eigenvalue weighted by molar-refractivity contribution is 0.111. The van der Waals surface area contributed by atoms with E-state index in [-0.39, 0.29) is 16.3 Å². The molecule has 122 valence electrons. The lowest BCUT2D eigenvalue weighted by atomic mass is 10.1. The molecule has 0 saturated carbocycles. The van der Waals surface area contributed by atoms with Crippen LogP contribution >= 0.6 is 11.6 Å². The summed E-state index contributed by atoms with van der Waals surface area (Å²) < 4.78 is 25.1. The summed E-state index contributed by atoms with van der Waals surface area (Å²) >= 11 is 5.90. The molecule has 0 saturated heterocycles. The number of carbonyl (C=O) groups excluding carboxylic acids is 1. The summed E-state index contributed by atoms with van der Waals surface area (Å²) in [5, 5.41) is 10.0. The summed E-state index contributed by atoms with van der Waals surface area (Å²) in [6, 6.07) is 14.7. The second kappa shape index (κ2) is 6.20. The number of nitrogens with two attached hydrogens (primary N) is 1. The van der Waals surface area contributed by atoms with Crippen LogP contribution in [0.4, 0.5) is 0 Å².